The zero-order valence-electron chi connectivity index (χ0n) is 5.84. The van der Waals surface area contributed by atoms with E-state index in [9.17, 15) is 0 Å². The van der Waals surface area contributed by atoms with Gasteiger partial charge in [0.25, 0.3) is 0 Å². The van der Waals surface area contributed by atoms with Crippen molar-refractivity contribution in [1.82, 2.24) is 4.98 Å². The number of thiocarbonyl (C=S) groups is 1. The number of pyridine rings is 1. The zero-order valence-corrected chi connectivity index (χ0v) is 9.83. The first-order valence-electron chi connectivity index (χ1n) is 2.98. The Morgan fingerprint density at radius 2 is 2.17 bits per heavy atom. The number of nitrogens with zero attached hydrogens (tertiary/aromatic N) is 1. The van der Waals surface area contributed by atoms with Gasteiger partial charge in [0.15, 0.2) is 5.11 Å². The summed E-state index contributed by atoms with van der Waals surface area (Å²) >= 11 is 11.2. The van der Waals surface area contributed by atoms with Crippen LogP contribution in [0.3, 0.4) is 0 Å². The minimum absolute atomic E-state index is 0.222. The molecule has 6 heteroatoms. The van der Waals surface area contributed by atoms with Crippen molar-refractivity contribution in [2.75, 3.05) is 5.32 Å². The first-order chi connectivity index (χ1) is 5.59. The minimum atomic E-state index is 0.222. The SMILES string of the molecule is NC(=S)Nc1ccc(Br)nc1Br. The van der Waals surface area contributed by atoms with Gasteiger partial charge in [0, 0.05) is 0 Å². The van der Waals surface area contributed by atoms with Crippen molar-refractivity contribution < 1.29 is 0 Å². The van der Waals surface area contributed by atoms with Gasteiger partial charge in [0.1, 0.15) is 9.21 Å². The number of halogens is 2. The van der Waals surface area contributed by atoms with Crippen LogP contribution in [-0.4, -0.2) is 10.1 Å². The maximum absolute atomic E-state index is 5.29. The van der Waals surface area contributed by atoms with Crippen LogP contribution in [0.2, 0.25) is 0 Å². The van der Waals surface area contributed by atoms with Crippen molar-refractivity contribution in [3.63, 3.8) is 0 Å². The summed E-state index contributed by atoms with van der Waals surface area (Å²) in [5.41, 5.74) is 6.05. The molecule has 1 rings (SSSR count). The van der Waals surface area contributed by atoms with E-state index in [0.717, 1.165) is 10.3 Å². The topological polar surface area (TPSA) is 50.9 Å². The molecular formula is C6H5Br2N3S. The van der Waals surface area contributed by atoms with Crippen LogP contribution < -0.4 is 11.1 Å². The average Bonchev–Trinajstić information content (AvgIpc) is 1.94. The number of aromatic nitrogens is 1. The van der Waals surface area contributed by atoms with Crippen molar-refractivity contribution in [2.45, 2.75) is 0 Å². The molecule has 0 bridgehead atoms. The van der Waals surface area contributed by atoms with Crippen molar-refractivity contribution >= 4 is 54.9 Å². The predicted molar refractivity (Wildman–Crippen MR) is 60.0 cm³/mol. The number of nitrogens with two attached hydrogens (primary N) is 1. The van der Waals surface area contributed by atoms with Crippen LogP contribution in [0, 0.1) is 0 Å². The Bertz CT molecular complexity index is 316. The van der Waals surface area contributed by atoms with Crippen LogP contribution in [0.15, 0.2) is 21.3 Å². The Labute approximate surface area is 92.0 Å². The molecule has 1 aromatic heterocycles. The highest BCUT2D eigenvalue weighted by Gasteiger charge is 2.01. The Hall–Kier alpha value is -0.200. The van der Waals surface area contributed by atoms with Crippen molar-refractivity contribution in [1.29, 1.82) is 0 Å². The van der Waals surface area contributed by atoms with E-state index in [4.69, 9.17) is 5.73 Å². The van der Waals surface area contributed by atoms with E-state index in [-0.39, 0.29) is 5.11 Å². The van der Waals surface area contributed by atoms with E-state index >= 15 is 0 Å². The van der Waals surface area contributed by atoms with Gasteiger partial charge in [-0.15, -0.1) is 0 Å². The molecule has 0 radical (unpaired) electrons. The molecule has 0 aliphatic heterocycles. The zero-order chi connectivity index (χ0) is 9.14. The average molecular weight is 311 g/mol. The Morgan fingerprint density at radius 3 is 2.67 bits per heavy atom. The summed E-state index contributed by atoms with van der Waals surface area (Å²) in [6, 6.07) is 3.62. The fourth-order valence-corrected chi connectivity index (χ4v) is 1.72. The summed E-state index contributed by atoms with van der Waals surface area (Å²) in [5, 5.41) is 3.00. The number of hydrogen-bond acceptors (Lipinski definition) is 2. The molecule has 64 valence electrons. The van der Waals surface area contributed by atoms with Gasteiger partial charge in [-0.05, 0) is 56.2 Å². The Morgan fingerprint density at radius 1 is 1.50 bits per heavy atom. The normalized spacial score (nSPS) is 9.50. The maximum atomic E-state index is 5.29. The van der Waals surface area contributed by atoms with Gasteiger partial charge in [0.2, 0.25) is 0 Å². The molecule has 1 aromatic rings. The summed E-state index contributed by atoms with van der Waals surface area (Å²) in [6.45, 7) is 0. The van der Waals surface area contributed by atoms with Gasteiger partial charge in [-0.2, -0.15) is 0 Å². The monoisotopic (exact) mass is 309 g/mol. The maximum Gasteiger partial charge on any atom is 0.168 e. The lowest BCUT2D eigenvalue weighted by Crippen LogP contribution is -2.19. The lowest BCUT2D eigenvalue weighted by molar-refractivity contribution is 1.23. The second kappa shape index (κ2) is 4.15. The molecule has 0 spiro atoms. The molecule has 0 aliphatic rings. The van der Waals surface area contributed by atoms with Gasteiger partial charge >= 0.3 is 0 Å². The van der Waals surface area contributed by atoms with Gasteiger partial charge in [-0.1, -0.05) is 0 Å². The molecular weight excluding hydrogens is 306 g/mol. The molecule has 0 saturated carbocycles. The third kappa shape index (κ3) is 2.69. The standard InChI is InChI=1S/C6H5Br2N3S/c7-4-2-1-3(5(8)11-4)10-6(9)12/h1-2H,(H3,9,10,12). The van der Waals surface area contributed by atoms with Crippen molar-refractivity contribution in [2.24, 2.45) is 5.73 Å². The molecule has 3 nitrogen and oxygen atoms in total. The number of rotatable bonds is 1. The van der Waals surface area contributed by atoms with E-state index < -0.39 is 0 Å². The highest BCUT2D eigenvalue weighted by molar-refractivity contribution is 9.11. The third-order valence-electron chi connectivity index (χ3n) is 1.07. The summed E-state index contributed by atoms with van der Waals surface area (Å²) in [7, 11) is 0. The first kappa shape index (κ1) is 9.88. The van der Waals surface area contributed by atoms with Crippen LogP contribution in [0.25, 0.3) is 0 Å². The third-order valence-corrected chi connectivity index (χ3v) is 2.22. The van der Waals surface area contributed by atoms with E-state index in [1.807, 2.05) is 6.07 Å². The van der Waals surface area contributed by atoms with Crippen molar-refractivity contribution in [3.8, 4) is 0 Å². The van der Waals surface area contributed by atoms with Crippen LogP contribution in [-0.2, 0) is 0 Å². The fraction of sp³-hybridized carbons (Fsp3) is 0. The molecule has 0 atom stereocenters. The predicted octanol–water partition coefficient (Wildman–Crippen LogP) is 2.26. The molecule has 3 N–H and O–H groups in total. The van der Waals surface area contributed by atoms with Crippen LogP contribution in [0.4, 0.5) is 5.69 Å². The van der Waals surface area contributed by atoms with Gasteiger partial charge in [0.05, 0.1) is 5.69 Å². The van der Waals surface area contributed by atoms with Gasteiger partial charge in [-0.25, -0.2) is 4.98 Å². The van der Waals surface area contributed by atoms with Crippen LogP contribution in [0.1, 0.15) is 0 Å². The minimum Gasteiger partial charge on any atom is -0.376 e. The Kier molecular flexibility index (Phi) is 3.42. The van der Waals surface area contributed by atoms with Gasteiger partial charge in [-0.3, -0.25) is 0 Å². The molecule has 1 heterocycles. The fourth-order valence-electron chi connectivity index (χ4n) is 0.638. The lowest BCUT2D eigenvalue weighted by atomic mass is 10.4. The molecule has 0 amide bonds. The van der Waals surface area contributed by atoms with Crippen molar-refractivity contribution in [3.05, 3.63) is 21.3 Å². The van der Waals surface area contributed by atoms with Crippen LogP contribution >= 0.6 is 44.1 Å². The molecule has 0 unspecified atom stereocenters. The quantitative estimate of drug-likeness (QED) is 0.617. The lowest BCUT2D eigenvalue weighted by Gasteiger charge is -2.04. The second-order valence-corrected chi connectivity index (χ2v) is 3.97. The number of anilines is 1. The van der Waals surface area contributed by atoms with E-state index in [1.54, 1.807) is 6.07 Å². The second-order valence-electron chi connectivity index (χ2n) is 1.96. The molecule has 12 heavy (non-hydrogen) atoms. The largest absolute Gasteiger partial charge is 0.376 e. The van der Waals surface area contributed by atoms with E-state index in [1.165, 1.54) is 0 Å². The summed E-state index contributed by atoms with van der Waals surface area (Å²) in [6.07, 6.45) is 0. The summed E-state index contributed by atoms with van der Waals surface area (Å²) in [5.74, 6) is 0. The van der Waals surface area contributed by atoms with E-state index in [2.05, 4.69) is 54.4 Å². The first-order valence-corrected chi connectivity index (χ1v) is 4.97. The smallest absolute Gasteiger partial charge is 0.168 e. The molecule has 0 aliphatic carbocycles. The van der Waals surface area contributed by atoms with E-state index in [0.29, 0.717) is 4.60 Å². The highest BCUT2D eigenvalue weighted by Crippen LogP contribution is 2.21. The number of nitrogens with one attached hydrogen (secondary N) is 1. The highest BCUT2D eigenvalue weighted by atomic mass is 79.9. The summed E-state index contributed by atoms with van der Waals surface area (Å²) in [4.78, 5) is 4.08. The molecule has 0 fully saturated rings. The molecule has 0 aromatic carbocycles. The summed E-state index contributed by atoms with van der Waals surface area (Å²) < 4.78 is 1.42. The number of hydrogen-bond donors (Lipinski definition) is 2. The van der Waals surface area contributed by atoms with Gasteiger partial charge < -0.3 is 11.1 Å². The molecule has 0 saturated heterocycles. The van der Waals surface area contributed by atoms with Crippen LogP contribution in [0.5, 0.6) is 0 Å². The Balaban J connectivity index is 2.93.